The van der Waals surface area contributed by atoms with Crippen molar-refractivity contribution in [3.8, 4) is 0 Å². The number of aromatic nitrogens is 4. The molecule has 0 saturated carbocycles. The van der Waals surface area contributed by atoms with E-state index in [1.165, 1.54) is 5.57 Å². The number of benzene rings is 1. The number of nitrogens with two attached hydrogens (primary N) is 1. The van der Waals surface area contributed by atoms with Crippen molar-refractivity contribution in [3.05, 3.63) is 95.3 Å². The quantitative estimate of drug-likeness (QED) is 0.432. The fourth-order valence-corrected chi connectivity index (χ4v) is 4.32. The van der Waals surface area contributed by atoms with Gasteiger partial charge in [0.05, 0.1) is 37.0 Å². The van der Waals surface area contributed by atoms with E-state index in [9.17, 15) is 4.79 Å². The van der Waals surface area contributed by atoms with E-state index in [4.69, 9.17) is 10.5 Å². The lowest BCUT2D eigenvalue weighted by atomic mass is 10.0. The van der Waals surface area contributed by atoms with Crippen molar-refractivity contribution in [1.82, 2.24) is 24.8 Å². The summed E-state index contributed by atoms with van der Waals surface area (Å²) in [6, 6.07) is 12.9. The van der Waals surface area contributed by atoms with E-state index in [-0.39, 0.29) is 11.9 Å². The number of ether oxygens (including phenoxy) is 1. The third kappa shape index (κ3) is 4.94. The molecule has 36 heavy (non-hydrogen) atoms. The molecule has 0 spiro atoms. The van der Waals surface area contributed by atoms with Crippen molar-refractivity contribution in [2.75, 3.05) is 18.9 Å². The number of hydrogen-bond acceptors (Lipinski definition) is 7. The number of pyridine rings is 2. The fraction of sp³-hybridized carbons (Fsp3) is 0.250. The van der Waals surface area contributed by atoms with Crippen LogP contribution in [0.4, 0.5) is 5.82 Å². The Hall–Kier alpha value is -4.17. The van der Waals surface area contributed by atoms with Gasteiger partial charge in [-0.25, -0.2) is 15.0 Å². The third-order valence-corrected chi connectivity index (χ3v) is 6.47. The van der Waals surface area contributed by atoms with Crippen LogP contribution >= 0.6 is 0 Å². The molecule has 0 bridgehead atoms. The number of aryl methyl sites for hydroxylation is 1. The van der Waals surface area contributed by atoms with Crippen LogP contribution in [0.5, 0.6) is 0 Å². The first kappa shape index (κ1) is 23.6. The van der Waals surface area contributed by atoms with Gasteiger partial charge in [-0.05, 0) is 73.4 Å². The Balaban J connectivity index is 1.46. The summed E-state index contributed by atoms with van der Waals surface area (Å²) in [5.74, 6) is 0.925. The van der Waals surface area contributed by atoms with Crippen molar-refractivity contribution >= 4 is 28.2 Å². The van der Waals surface area contributed by atoms with Gasteiger partial charge in [-0.3, -0.25) is 9.78 Å². The monoisotopic (exact) mass is 480 g/mol. The van der Waals surface area contributed by atoms with Crippen molar-refractivity contribution in [3.63, 3.8) is 0 Å². The Morgan fingerprint density at radius 3 is 2.69 bits per heavy atom. The molecule has 8 nitrogen and oxygen atoms in total. The number of rotatable bonds is 6. The Labute approximate surface area is 209 Å². The zero-order valence-electron chi connectivity index (χ0n) is 20.4. The number of amides is 1. The summed E-state index contributed by atoms with van der Waals surface area (Å²) in [5, 5.41) is 0.864. The van der Waals surface area contributed by atoms with Crippen LogP contribution in [0.2, 0.25) is 0 Å². The molecular formula is C28H28N6O2. The average Bonchev–Trinajstić information content (AvgIpc) is 2.93. The van der Waals surface area contributed by atoms with Crippen LogP contribution in [0, 0.1) is 6.92 Å². The molecule has 4 heterocycles. The second-order valence-electron chi connectivity index (χ2n) is 8.91. The Bertz CT molecular complexity index is 1420. The van der Waals surface area contributed by atoms with E-state index in [2.05, 4.69) is 32.1 Å². The van der Waals surface area contributed by atoms with Crippen molar-refractivity contribution < 1.29 is 9.53 Å². The summed E-state index contributed by atoms with van der Waals surface area (Å²) in [5.41, 5.74) is 11.2. The molecule has 2 N–H and O–H groups in total. The molecule has 1 amide bonds. The van der Waals surface area contributed by atoms with Crippen LogP contribution in [0.15, 0.2) is 67.1 Å². The van der Waals surface area contributed by atoms with Gasteiger partial charge in [0.15, 0.2) is 0 Å². The van der Waals surface area contributed by atoms with Gasteiger partial charge in [0, 0.05) is 29.5 Å². The lowest BCUT2D eigenvalue weighted by Crippen LogP contribution is -2.34. The zero-order valence-corrected chi connectivity index (χ0v) is 20.4. The predicted octanol–water partition coefficient (Wildman–Crippen LogP) is 4.52. The van der Waals surface area contributed by atoms with Crippen LogP contribution in [0.3, 0.4) is 0 Å². The smallest absolute Gasteiger partial charge is 0.254 e. The maximum atomic E-state index is 13.8. The number of hydrogen-bond donors (Lipinski definition) is 1. The molecule has 3 aromatic heterocycles. The van der Waals surface area contributed by atoms with Crippen LogP contribution in [-0.4, -0.2) is 44.0 Å². The first-order valence-corrected chi connectivity index (χ1v) is 12.0. The molecule has 1 atom stereocenters. The number of fused-ring (bicyclic) bond motifs is 1. The Kier molecular flexibility index (Phi) is 6.69. The molecule has 1 aromatic carbocycles. The molecule has 0 radical (unpaired) electrons. The fourth-order valence-electron chi connectivity index (χ4n) is 4.32. The largest absolute Gasteiger partial charge is 0.383 e. The highest BCUT2D eigenvalue weighted by Crippen LogP contribution is 2.26. The zero-order chi connectivity index (χ0) is 25.1. The van der Waals surface area contributed by atoms with Crippen LogP contribution in [0.25, 0.3) is 16.5 Å². The van der Waals surface area contributed by atoms with Gasteiger partial charge in [0.2, 0.25) is 0 Å². The molecule has 4 aromatic rings. The summed E-state index contributed by atoms with van der Waals surface area (Å²) < 4.78 is 5.41. The summed E-state index contributed by atoms with van der Waals surface area (Å²) in [6.45, 7) is 5.50. The summed E-state index contributed by atoms with van der Waals surface area (Å²) in [7, 11) is 0. The van der Waals surface area contributed by atoms with Gasteiger partial charge >= 0.3 is 0 Å². The first-order valence-electron chi connectivity index (χ1n) is 12.0. The van der Waals surface area contributed by atoms with E-state index < -0.39 is 0 Å². The molecule has 5 rings (SSSR count). The van der Waals surface area contributed by atoms with Gasteiger partial charge in [-0.15, -0.1) is 0 Å². The number of nitrogens with zero attached hydrogens (tertiary/aromatic N) is 5. The topological polar surface area (TPSA) is 107 Å². The third-order valence-electron chi connectivity index (χ3n) is 6.47. The molecule has 8 heteroatoms. The summed E-state index contributed by atoms with van der Waals surface area (Å²) >= 11 is 0. The lowest BCUT2D eigenvalue weighted by Gasteiger charge is -2.28. The van der Waals surface area contributed by atoms with Crippen molar-refractivity contribution in [2.45, 2.75) is 32.9 Å². The molecular weight excluding hydrogens is 452 g/mol. The number of anilines is 1. The Morgan fingerprint density at radius 1 is 1.14 bits per heavy atom. The SMILES string of the molecule is Cc1cc2cc(C(=O)N(Cc3ccc(C4=CCOCC4)cn3)C(C)c3ncccn3)ccc2nc1N. The standard InChI is InChI=1S/C28H28N6O2/c1-18-14-23-15-21(5-7-25(23)33-26(18)29)28(35)34(19(2)27-30-10-3-11-31-27)17-24-6-4-22(16-32-24)20-8-12-36-13-9-20/h3-8,10-11,14-16,19H,9,12-13,17H2,1-2H3,(H2,29,33). The van der Waals surface area contributed by atoms with Gasteiger partial charge in [-0.1, -0.05) is 12.1 Å². The van der Waals surface area contributed by atoms with E-state index in [1.54, 1.807) is 29.4 Å². The maximum Gasteiger partial charge on any atom is 0.254 e. The van der Waals surface area contributed by atoms with Crippen molar-refractivity contribution in [2.24, 2.45) is 0 Å². The second-order valence-corrected chi connectivity index (χ2v) is 8.91. The van der Waals surface area contributed by atoms with Crippen LogP contribution in [-0.2, 0) is 11.3 Å². The number of carbonyl (C=O) groups is 1. The second kappa shape index (κ2) is 10.2. The van der Waals surface area contributed by atoms with E-state index in [1.807, 2.05) is 44.3 Å². The first-order chi connectivity index (χ1) is 17.5. The molecule has 0 fully saturated rings. The molecule has 182 valence electrons. The van der Waals surface area contributed by atoms with Gasteiger partial charge in [-0.2, -0.15) is 0 Å². The number of nitrogen functional groups attached to an aromatic ring is 1. The molecule has 1 aliphatic heterocycles. The number of carbonyl (C=O) groups excluding carboxylic acids is 1. The van der Waals surface area contributed by atoms with Crippen molar-refractivity contribution in [1.29, 1.82) is 0 Å². The van der Waals surface area contributed by atoms with E-state index in [0.29, 0.717) is 30.4 Å². The molecule has 0 aliphatic carbocycles. The highest BCUT2D eigenvalue weighted by Gasteiger charge is 2.26. The molecule has 1 unspecified atom stereocenters. The summed E-state index contributed by atoms with van der Waals surface area (Å²) in [4.78, 5) is 33.5. The summed E-state index contributed by atoms with van der Waals surface area (Å²) in [6.07, 6.45) is 8.20. The van der Waals surface area contributed by atoms with E-state index in [0.717, 1.165) is 40.8 Å². The highest BCUT2D eigenvalue weighted by molar-refractivity contribution is 5.98. The Morgan fingerprint density at radius 2 is 1.97 bits per heavy atom. The van der Waals surface area contributed by atoms with Gasteiger partial charge in [0.25, 0.3) is 5.91 Å². The van der Waals surface area contributed by atoms with Gasteiger partial charge in [0.1, 0.15) is 11.6 Å². The normalized spacial score (nSPS) is 14.3. The minimum atomic E-state index is -0.361. The lowest BCUT2D eigenvalue weighted by molar-refractivity contribution is 0.0663. The maximum absolute atomic E-state index is 13.8. The highest BCUT2D eigenvalue weighted by atomic mass is 16.5. The minimum Gasteiger partial charge on any atom is -0.383 e. The van der Waals surface area contributed by atoms with E-state index >= 15 is 0 Å². The van der Waals surface area contributed by atoms with Crippen LogP contribution < -0.4 is 5.73 Å². The molecule has 1 aliphatic rings. The predicted molar refractivity (Wildman–Crippen MR) is 139 cm³/mol. The average molecular weight is 481 g/mol. The minimum absolute atomic E-state index is 0.135. The van der Waals surface area contributed by atoms with Crippen LogP contribution in [0.1, 0.15) is 52.4 Å². The molecule has 0 saturated heterocycles. The van der Waals surface area contributed by atoms with Gasteiger partial charge < -0.3 is 15.4 Å².